The molecule has 2 aromatic rings. The van der Waals surface area contributed by atoms with Gasteiger partial charge < -0.3 is 14.3 Å². The Morgan fingerprint density at radius 2 is 2.21 bits per heavy atom. The Morgan fingerprint density at radius 3 is 2.96 bits per heavy atom. The second-order valence-corrected chi connectivity index (χ2v) is 6.24. The van der Waals surface area contributed by atoms with Crippen LogP contribution in [-0.2, 0) is 11.3 Å². The number of fused-ring (bicyclic) bond motifs is 1. The highest BCUT2D eigenvalue weighted by Crippen LogP contribution is 2.31. The largest absolute Gasteiger partial charge is 0.340 e. The van der Waals surface area contributed by atoms with Gasteiger partial charge in [-0.1, -0.05) is 23.4 Å². The number of rotatable bonds is 3. The van der Waals surface area contributed by atoms with E-state index in [1.54, 1.807) is 16.7 Å². The summed E-state index contributed by atoms with van der Waals surface area (Å²) in [5.41, 5.74) is 1.67. The minimum Gasteiger partial charge on any atom is -0.340 e. The molecule has 24 heavy (non-hydrogen) atoms. The van der Waals surface area contributed by atoms with Gasteiger partial charge in [0.25, 0.3) is 5.91 Å². The Balaban J connectivity index is 1.48. The fourth-order valence-corrected chi connectivity index (χ4v) is 3.48. The Kier molecular flexibility index (Phi) is 3.55. The van der Waals surface area contributed by atoms with Gasteiger partial charge in [-0.2, -0.15) is 4.98 Å². The minimum atomic E-state index is -0.157. The Labute approximate surface area is 139 Å². The molecule has 0 radical (unpaired) electrons. The van der Waals surface area contributed by atoms with Crippen molar-refractivity contribution in [2.45, 2.75) is 32.4 Å². The van der Waals surface area contributed by atoms with Crippen LogP contribution in [0.5, 0.6) is 0 Å². The van der Waals surface area contributed by atoms with Gasteiger partial charge in [0.2, 0.25) is 11.8 Å². The lowest BCUT2D eigenvalue weighted by molar-refractivity contribution is -0.133. The van der Waals surface area contributed by atoms with E-state index in [2.05, 4.69) is 10.1 Å². The van der Waals surface area contributed by atoms with E-state index in [1.807, 2.05) is 24.3 Å². The number of hydrogen-bond donors (Lipinski definition) is 0. The number of amides is 2. The Bertz CT molecular complexity index is 801. The second-order valence-electron chi connectivity index (χ2n) is 6.24. The van der Waals surface area contributed by atoms with E-state index in [9.17, 15) is 9.59 Å². The molecule has 0 N–H and O–H groups in total. The molecular formula is C17H18N4O3. The summed E-state index contributed by atoms with van der Waals surface area (Å²) in [6.07, 6.45) is 1.72. The highest BCUT2D eigenvalue weighted by atomic mass is 16.5. The third-order valence-corrected chi connectivity index (χ3v) is 4.64. The van der Waals surface area contributed by atoms with Gasteiger partial charge in [0.15, 0.2) is 5.82 Å². The van der Waals surface area contributed by atoms with Crippen molar-refractivity contribution in [3.63, 3.8) is 0 Å². The molecule has 124 valence electrons. The zero-order valence-corrected chi connectivity index (χ0v) is 13.4. The monoisotopic (exact) mass is 326 g/mol. The van der Waals surface area contributed by atoms with Crippen molar-refractivity contribution < 1.29 is 14.1 Å². The van der Waals surface area contributed by atoms with Crippen LogP contribution in [0, 0.1) is 6.92 Å². The number of aromatic nitrogens is 2. The van der Waals surface area contributed by atoms with E-state index in [0.29, 0.717) is 30.4 Å². The first-order chi connectivity index (χ1) is 11.6. The molecule has 1 aromatic heterocycles. The average molecular weight is 326 g/mol. The molecule has 4 rings (SSSR count). The van der Waals surface area contributed by atoms with Gasteiger partial charge in [-0.25, -0.2) is 0 Å². The van der Waals surface area contributed by atoms with Crippen LogP contribution in [0.15, 0.2) is 28.8 Å². The van der Waals surface area contributed by atoms with E-state index in [4.69, 9.17) is 4.52 Å². The fraction of sp³-hybridized carbons (Fsp3) is 0.412. The maximum Gasteiger partial charge on any atom is 0.254 e. The molecule has 0 bridgehead atoms. The van der Waals surface area contributed by atoms with Gasteiger partial charge in [0, 0.05) is 25.6 Å². The van der Waals surface area contributed by atoms with Crippen molar-refractivity contribution in [3.05, 3.63) is 47.1 Å². The van der Waals surface area contributed by atoms with Crippen LogP contribution >= 0.6 is 0 Å². The minimum absolute atomic E-state index is 0.0684. The number of likely N-dealkylation sites (tertiary alicyclic amines) is 1. The van der Waals surface area contributed by atoms with Crippen molar-refractivity contribution in [2.75, 3.05) is 13.1 Å². The fourth-order valence-electron chi connectivity index (χ4n) is 3.48. The maximum absolute atomic E-state index is 12.7. The molecule has 1 aromatic carbocycles. The smallest absolute Gasteiger partial charge is 0.254 e. The summed E-state index contributed by atoms with van der Waals surface area (Å²) < 4.78 is 5.03. The molecule has 1 saturated heterocycles. The van der Waals surface area contributed by atoms with Gasteiger partial charge in [0.1, 0.15) is 6.54 Å². The van der Waals surface area contributed by atoms with Gasteiger partial charge in [-0.3, -0.25) is 9.59 Å². The molecule has 2 amide bonds. The molecule has 1 atom stereocenters. The van der Waals surface area contributed by atoms with Crippen LogP contribution in [0.3, 0.4) is 0 Å². The van der Waals surface area contributed by atoms with Crippen LogP contribution in [0.2, 0.25) is 0 Å². The zero-order chi connectivity index (χ0) is 16.7. The first-order valence-corrected chi connectivity index (χ1v) is 8.10. The van der Waals surface area contributed by atoms with Crippen LogP contribution in [0.25, 0.3) is 0 Å². The lowest BCUT2D eigenvalue weighted by Crippen LogP contribution is -2.40. The Morgan fingerprint density at radius 1 is 1.38 bits per heavy atom. The van der Waals surface area contributed by atoms with E-state index < -0.39 is 0 Å². The van der Waals surface area contributed by atoms with Gasteiger partial charge >= 0.3 is 0 Å². The molecule has 0 aliphatic carbocycles. The van der Waals surface area contributed by atoms with E-state index in [0.717, 1.165) is 18.4 Å². The Hall–Kier alpha value is -2.70. The molecule has 2 aliphatic heterocycles. The molecule has 7 nitrogen and oxygen atoms in total. The van der Waals surface area contributed by atoms with Gasteiger partial charge in [-0.05, 0) is 24.5 Å². The lowest BCUT2D eigenvalue weighted by atomic mass is 10.1. The number of hydrogen-bond acceptors (Lipinski definition) is 5. The van der Waals surface area contributed by atoms with Crippen molar-refractivity contribution in [1.82, 2.24) is 19.9 Å². The summed E-state index contributed by atoms with van der Waals surface area (Å²) in [5, 5.41) is 3.95. The molecule has 0 saturated carbocycles. The summed E-state index contributed by atoms with van der Waals surface area (Å²) in [6, 6.07) is 7.33. The topological polar surface area (TPSA) is 79.5 Å². The summed E-state index contributed by atoms with van der Waals surface area (Å²) in [4.78, 5) is 32.8. The van der Waals surface area contributed by atoms with E-state index >= 15 is 0 Å². The third kappa shape index (κ3) is 2.46. The predicted molar refractivity (Wildman–Crippen MR) is 83.9 cm³/mol. The number of carbonyl (C=O) groups is 2. The van der Waals surface area contributed by atoms with Crippen LogP contribution < -0.4 is 0 Å². The normalized spacial score (nSPS) is 19.9. The maximum atomic E-state index is 12.7. The SMILES string of the molecule is Cc1nc(C2CCCN2C(=O)CN2Cc3ccccc3C2=O)no1. The molecule has 2 aliphatic rings. The summed E-state index contributed by atoms with van der Waals surface area (Å²) in [5.74, 6) is 0.898. The molecule has 0 spiro atoms. The molecular weight excluding hydrogens is 308 g/mol. The number of carbonyl (C=O) groups excluding carboxylic acids is 2. The van der Waals surface area contributed by atoms with E-state index in [1.165, 1.54) is 0 Å². The third-order valence-electron chi connectivity index (χ3n) is 4.64. The summed E-state index contributed by atoms with van der Waals surface area (Å²) in [7, 11) is 0. The second kappa shape index (κ2) is 5.74. The van der Waals surface area contributed by atoms with Crippen molar-refractivity contribution >= 4 is 11.8 Å². The first-order valence-electron chi connectivity index (χ1n) is 8.10. The zero-order valence-electron chi connectivity index (χ0n) is 13.4. The quantitative estimate of drug-likeness (QED) is 0.857. The molecule has 7 heteroatoms. The number of nitrogens with zero attached hydrogens (tertiary/aromatic N) is 4. The standard InChI is InChI=1S/C17H18N4O3/c1-11-18-16(19-24-11)14-7-4-8-21(14)15(22)10-20-9-12-5-2-3-6-13(12)17(20)23/h2-3,5-6,14H,4,7-10H2,1H3. The van der Waals surface area contributed by atoms with Crippen LogP contribution in [-0.4, -0.2) is 44.8 Å². The van der Waals surface area contributed by atoms with Crippen LogP contribution in [0.1, 0.15) is 46.5 Å². The number of aryl methyl sites for hydroxylation is 1. The average Bonchev–Trinajstić information content (AvgIpc) is 3.28. The van der Waals surface area contributed by atoms with Crippen molar-refractivity contribution in [1.29, 1.82) is 0 Å². The highest BCUT2D eigenvalue weighted by molar-refractivity contribution is 6.00. The summed E-state index contributed by atoms with van der Waals surface area (Å²) >= 11 is 0. The predicted octanol–water partition coefficient (Wildman–Crippen LogP) is 1.70. The van der Waals surface area contributed by atoms with Crippen molar-refractivity contribution in [2.24, 2.45) is 0 Å². The van der Waals surface area contributed by atoms with Crippen LogP contribution in [0.4, 0.5) is 0 Å². The highest BCUT2D eigenvalue weighted by Gasteiger charge is 2.36. The molecule has 3 heterocycles. The van der Waals surface area contributed by atoms with Gasteiger partial charge in [-0.15, -0.1) is 0 Å². The lowest BCUT2D eigenvalue weighted by Gasteiger charge is -2.25. The molecule has 1 unspecified atom stereocenters. The molecule has 1 fully saturated rings. The number of benzene rings is 1. The van der Waals surface area contributed by atoms with E-state index in [-0.39, 0.29) is 24.4 Å². The first kappa shape index (κ1) is 14.9. The summed E-state index contributed by atoms with van der Waals surface area (Å²) in [6.45, 7) is 2.96. The van der Waals surface area contributed by atoms with Gasteiger partial charge in [0.05, 0.1) is 6.04 Å². The van der Waals surface area contributed by atoms with Crippen molar-refractivity contribution in [3.8, 4) is 0 Å².